The Bertz CT molecular complexity index is 1000. The largest absolute Gasteiger partial charge is 0.468 e. The molecule has 3 aromatic rings. The van der Waals surface area contributed by atoms with E-state index >= 15 is 0 Å². The van der Waals surface area contributed by atoms with Crippen LogP contribution < -0.4 is 4.90 Å². The minimum atomic E-state index is -1.35. The molecule has 2 aromatic heterocycles. The van der Waals surface area contributed by atoms with Gasteiger partial charge in [-0.05, 0) is 24.3 Å². The Balaban J connectivity index is 1.96. The van der Waals surface area contributed by atoms with Crippen molar-refractivity contribution in [1.82, 2.24) is 9.38 Å². The number of rotatable bonds is 5. The summed E-state index contributed by atoms with van der Waals surface area (Å²) in [4.78, 5) is 30.2. The summed E-state index contributed by atoms with van der Waals surface area (Å²) in [5, 5.41) is 0. The van der Waals surface area contributed by atoms with Crippen molar-refractivity contribution in [3.63, 3.8) is 0 Å². The number of anilines is 1. The molecule has 0 saturated carbocycles. The van der Waals surface area contributed by atoms with Crippen LogP contribution in [0, 0.1) is 0 Å². The van der Waals surface area contributed by atoms with E-state index in [0.717, 1.165) is 4.90 Å². The molecule has 0 aliphatic heterocycles. The molecule has 0 aliphatic rings. The summed E-state index contributed by atoms with van der Waals surface area (Å²) in [6.07, 6.45) is 2.49. The van der Waals surface area contributed by atoms with Crippen LogP contribution in [0.3, 0.4) is 0 Å². The van der Waals surface area contributed by atoms with E-state index in [0.29, 0.717) is 15.4 Å². The van der Waals surface area contributed by atoms with Crippen LogP contribution >= 0.6 is 0 Å². The van der Waals surface area contributed by atoms with Crippen molar-refractivity contribution >= 4 is 34.3 Å². The number of benzene rings is 1. The molecule has 1 atom stereocenters. The highest BCUT2D eigenvalue weighted by molar-refractivity contribution is 7.85. The highest BCUT2D eigenvalue weighted by Gasteiger charge is 2.23. The minimum absolute atomic E-state index is 0.217. The lowest BCUT2D eigenvalue weighted by atomic mass is 10.4. The van der Waals surface area contributed by atoms with Crippen LogP contribution in [0.4, 0.5) is 10.6 Å². The number of nitrogens with zero attached hydrogens (tertiary/aromatic N) is 3. The Labute approximate surface area is 157 Å². The van der Waals surface area contributed by atoms with Crippen molar-refractivity contribution in [3.8, 4) is 0 Å². The van der Waals surface area contributed by atoms with E-state index in [1.165, 1.54) is 14.2 Å². The van der Waals surface area contributed by atoms with E-state index in [1.54, 1.807) is 41.1 Å². The molecule has 0 bridgehead atoms. The number of ether oxygens (including phenoxy) is 2. The van der Waals surface area contributed by atoms with Crippen molar-refractivity contribution in [3.05, 3.63) is 54.9 Å². The van der Waals surface area contributed by atoms with Gasteiger partial charge in [0, 0.05) is 11.1 Å². The first-order valence-corrected chi connectivity index (χ1v) is 9.06. The average molecular weight is 387 g/mol. The molecular weight excluding hydrogens is 370 g/mol. The highest BCUT2D eigenvalue weighted by atomic mass is 32.2. The van der Waals surface area contributed by atoms with Gasteiger partial charge in [-0.3, -0.25) is 4.79 Å². The van der Waals surface area contributed by atoms with Gasteiger partial charge in [0.1, 0.15) is 12.2 Å². The lowest BCUT2D eigenvalue weighted by Crippen LogP contribution is -2.36. The van der Waals surface area contributed by atoms with Crippen LogP contribution in [-0.4, -0.2) is 46.4 Å². The molecule has 0 N–H and O–H groups in total. The summed E-state index contributed by atoms with van der Waals surface area (Å²) >= 11 is 0. The van der Waals surface area contributed by atoms with Crippen LogP contribution in [-0.2, 0) is 25.1 Å². The number of carbonyl (C=O) groups is 2. The van der Waals surface area contributed by atoms with Crippen molar-refractivity contribution in [2.45, 2.75) is 9.79 Å². The first-order valence-electron chi connectivity index (χ1n) is 7.91. The smallest absolute Gasteiger partial charge is 0.415 e. The van der Waals surface area contributed by atoms with Gasteiger partial charge in [0.25, 0.3) is 0 Å². The van der Waals surface area contributed by atoms with Gasteiger partial charge < -0.3 is 13.9 Å². The number of pyridine rings is 1. The first-order chi connectivity index (χ1) is 13.0. The molecule has 1 amide bonds. The Kier molecular flexibility index (Phi) is 5.51. The monoisotopic (exact) mass is 387 g/mol. The molecule has 9 heteroatoms. The average Bonchev–Trinajstić information content (AvgIpc) is 3.14. The van der Waals surface area contributed by atoms with Gasteiger partial charge in [0.15, 0.2) is 5.82 Å². The zero-order valence-corrected chi connectivity index (χ0v) is 15.5. The van der Waals surface area contributed by atoms with Gasteiger partial charge >= 0.3 is 12.1 Å². The molecule has 2 heterocycles. The van der Waals surface area contributed by atoms with E-state index in [2.05, 4.69) is 9.72 Å². The van der Waals surface area contributed by atoms with Crippen LogP contribution in [0.15, 0.2) is 64.6 Å². The molecule has 0 fully saturated rings. The topological polar surface area (TPSA) is 90.2 Å². The van der Waals surface area contributed by atoms with Gasteiger partial charge in [-0.1, -0.05) is 18.2 Å². The summed E-state index contributed by atoms with van der Waals surface area (Å²) in [7, 11) is 1.09. The van der Waals surface area contributed by atoms with Crippen LogP contribution in [0.1, 0.15) is 0 Å². The van der Waals surface area contributed by atoms with Crippen LogP contribution in [0.25, 0.3) is 5.65 Å². The maximum absolute atomic E-state index is 12.7. The number of hydrogen-bond donors (Lipinski definition) is 0. The summed E-state index contributed by atoms with van der Waals surface area (Å²) < 4.78 is 23.7. The van der Waals surface area contributed by atoms with Gasteiger partial charge in [-0.2, -0.15) is 0 Å². The van der Waals surface area contributed by atoms with Crippen LogP contribution in [0.5, 0.6) is 0 Å². The van der Waals surface area contributed by atoms with Crippen LogP contribution in [0.2, 0.25) is 0 Å². The van der Waals surface area contributed by atoms with Gasteiger partial charge in [0.05, 0.1) is 36.1 Å². The lowest BCUT2D eigenvalue weighted by molar-refractivity contribution is -0.138. The Morgan fingerprint density at radius 1 is 1.04 bits per heavy atom. The number of methoxy groups -OCH3 is 2. The summed E-state index contributed by atoms with van der Waals surface area (Å²) in [6, 6.07) is 12.5. The van der Waals surface area contributed by atoms with E-state index < -0.39 is 22.9 Å². The molecule has 1 aromatic carbocycles. The molecule has 140 valence electrons. The predicted octanol–water partition coefficient (Wildman–Crippen LogP) is 2.25. The summed E-state index contributed by atoms with van der Waals surface area (Å²) in [5.74, 6) is -0.391. The Morgan fingerprint density at radius 2 is 1.78 bits per heavy atom. The second-order valence-electron chi connectivity index (χ2n) is 5.44. The number of aromatic nitrogens is 2. The fraction of sp³-hybridized carbons (Fsp3) is 0.167. The molecule has 0 aliphatic carbocycles. The number of amides is 1. The molecule has 27 heavy (non-hydrogen) atoms. The number of carbonyl (C=O) groups excluding carboxylic acids is 2. The summed E-state index contributed by atoms with van der Waals surface area (Å²) in [5.41, 5.74) is 0.526. The normalized spacial score (nSPS) is 11.8. The predicted molar refractivity (Wildman–Crippen MR) is 98.1 cm³/mol. The molecule has 0 radical (unpaired) electrons. The molecule has 0 saturated heterocycles. The second-order valence-corrected chi connectivity index (χ2v) is 6.92. The lowest BCUT2D eigenvalue weighted by Gasteiger charge is -2.16. The molecule has 8 nitrogen and oxygen atoms in total. The van der Waals surface area contributed by atoms with E-state index in [-0.39, 0.29) is 12.4 Å². The number of imidazole rings is 1. The zero-order valence-electron chi connectivity index (χ0n) is 14.7. The minimum Gasteiger partial charge on any atom is -0.468 e. The van der Waals surface area contributed by atoms with Crippen molar-refractivity contribution < 1.29 is 23.3 Å². The fourth-order valence-corrected chi connectivity index (χ4v) is 3.50. The van der Waals surface area contributed by atoms with Crippen molar-refractivity contribution in [1.29, 1.82) is 0 Å². The third kappa shape index (κ3) is 3.98. The fourth-order valence-electron chi connectivity index (χ4n) is 2.42. The standard InChI is InChI=1S/C18H17N3O5S/c1-25-17(22)12-21(18(23)26-2)16-11-20-10-14(8-9-15(20)19-16)27(24)13-6-4-3-5-7-13/h3-11H,12H2,1-2H3. The number of fused-ring (bicyclic) bond motifs is 1. The van der Waals surface area contributed by atoms with E-state index in [1.807, 2.05) is 18.2 Å². The molecule has 0 spiro atoms. The van der Waals surface area contributed by atoms with Gasteiger partial charge in [-0.15, -0.1) is 0 Å². The maximum atomic E-state index is 12.7. The molecule has 1 unspecified atom stereocenters. The zero-order chi connectivity index (χ0) is 19.4. The first kappa shape index (κ1) is 18.6. The number of hydrogen-bond acceptors (Lipinski definition) is 6. The highest BCUT2D eigenvalue weighted by Crippen LogP contribution is 2.20. The Morgan fingerprint density at radius 3 is 2.44 bits per heavy atom. The van der Waals surface area contributed by atoms with Gasteiger partial charge in [0.2, 0.25) is 0 Å². The SMILES string of the molecule is COC(=O)CN(C(=O)OC)c1cn2cc(S(=O)c3ccccc3)ccc2n1. The third-order valence-corrected chi connectivity index (χ3v) is 5.14. The van der Waals surface area contributed by atoms with E-state index in [9.17, 15) is 13.8 Å². The quantitative estimate of drug-likeness (QED) is 0.624. The summed E-state index contributed by atoms with van der Waals surface area (Å²) in [6.45, 7) is -0.337. The molecular formula is C18H17N3O5S. The second kappa shape index (κ2) is 8.00. The Hall–Kier alpha value is -3.20. The van der Waals surface area contributed by atoms with Crippen molar-refractivity contribution in [2.24, 2.45) is 0 Å². The van der Waals surface area contributed by atoms with E-state index in [4.69, 9.17) is 4.74 Å². The molecule has 3 rings (SSSR count). The van der Waals surface area contributed by atoms with Crippen molar-refractivity contribution in [2.75, 3.05) is 25.7 Å². The van der Waals surface area contributed by atoms with Gasteiger partial charge in [-0.25, -0.2) is 18.9 Å². The maximum Gasteiger partial charge on any atom is 0.415 e. The number of esters is 1. The third-order valence-electron chi connectivity index (χ3n) is 3.77.